The molecule has 23 heavy (non-hydrogen) atoms. The summed E-state index contributed by atoms with van der Waals surface area (Å²) in [6.07, 6.45) is 5.24. The molecule has 0 radical (unpaired) electrons. The maximum atomic E-state index is 12.5. The Morgan fingerprint density at radius 3 is 2.65 bits per heavy atom. The summed E-state index contributed by atoms with van der Waals surface area (Å²) in [5.41, 5.74) is -0.201. The van der Waals surface area contributed by atoms with Crippen molar-refractivity contribution >= 4 is 17.7 Å². The van der Waals surface area contributed by atoms with Crippen LogP contribution in [0.2, 0.25) is 0 Å². The lowest BCUT2D eigenvalue weighted by Gasteiger charge is -2.22. The van der Waals surface area contributed by atoms with Gasteiger partial charge in [0.05, 0.1) is 11.2 Å². The van der Waals surface area contributed by atoms with Crippen molar-refractivity contribution in [1.82, 2.24) is 10.3 Å². The zero-order valence-corrected chi connectivity index (χ0v) is 13.7. The van der Waals surface area contributed by atoms with Gasteiger partial charge in [-0.25, -0.2) is 4.98 Å². The minimum atomic E-state index is -0.745. The van der Waals surface area contributed by atoms with Crippen LogP contribution in [0.4, 0.5) is 0 Å². The SMILES string of the molecule is O=C(NCC1(O)CCCC1)c1cccnc1Sc1ccccc1. The molecule has 120 valence electrons. The van der Waals surface area contributed by atoms with Crippen LogP contribution in [0.3, 0.4) is 0 Å². The Morgan fingerprint density at radius 2 is 1.91 bits per heavy atom. The number of hydrogen-bond acceptors (Lipinski definition) is 4. The molecule has 1 aliphatic carbocycles. The van der Waals surface area contributed by atoms with Crippen molar-refractivity contribution in [2.24, 2.45) is 0 Å². The second-order valence-corrected chi connectivity index (χ2v) is 6.95. The van der Waals surface area contributed by atoms with Crippen LogP contribution in [0.5, 0.6) is 0 Å². The molecule has 0 unspecified atom stereocenters. The monoisotopic (exact) mass is 328 g/mol. The summed E-state index contributed by atoms with van der Waals surface area (Å²) in [5.74, 6) is -0.183. The molecule has 0 saturated heterocycles. The van der Waals surface area contributed by atoms with E-state index in [4.69, 9.17) is 0 Å². The predicted octanol–water partition coefficient (Wildman–Crippen LogP) is 3.27. The van der Waals surface area contributed by atoms with Crippen molar-refractivity contribution in [3.63, 3.8) is 0 Å². The van der Waals surface area contributed by atoms with E-state index in [1.807, 2.05) is 30.3 Å². The van der Waals surface area contributed by atoms with Crippen LogP contribution < -0.4 is 5.32 Å². The van der Waals surface area contributed by atoms with Crippen LogP contribution in [0.25, 0.3) is 0 Å². The van der Waals surface area contributed by atoms with Crippen LogP contribution in [0, 0.1) is 0 Å². The Balaban J connectivity index is 1.70. The van der Waals surface area contributed by atoms with Gasteiger partial charge in [0.25, 0.3) is 5.91 Å². The van der Waals surface area contributed by atoms with Crippen LogP contribution in [0.1, 0.15) is 36.0 Å². The average Bonchev–Trinajstić information content (AvgIpc) is 3.01. The molecule has 0 bridgehead atoms. The van der Waals surface area contributed by atoms with Gasteiger partial charge in [-0.05, 0) is 37.1 Å². The first kappa shape index (κ1) is 16.0. The fourth-order valence-corrected chi connectivity index (χ4v) is 3.70. The zero-order valence-electron chi connectivity index (χ0n) is 12.9. The first-order chi connectivity index (χ1) is 11.2. The van der Waals surface area contributed by atoms with Crippen molar-refractivity contribution in [2.75, 3.05) is 6.54 Å². The van der Waals surface area contributed by atoms with E-state index in [0.717, 1.165) is 30.6 Å². The third kappa shape index (κ3) is 4.12. The molecule has 1 aromatic carbocycles. The van der Waals surface area contributed by atoms with Crippen molar-refractivity contribution in [3.05, 3.63) is 54.2 Å². The van der Waals surface area contributed by atoms with Crippen molar-refractivity contribution in [2.45, 2.75) is 41.2 Å². The molecule has 1 aliphatic rings. The van der Waals surface area contributed by atoms with E-state index in [1.165, 1.54) is 11.8 Å². The molecular weight excluding hydrogens is 308 g/mol. The van der Waals surface area contributed by atoms with Crippen LogP contribution in [-0.4, -0.2) is 28.1 Å². The number of carbonyl (C=O) groups excluding carboxylic acids is 1. The lowest BCUT2D eigenvalue weighted by molar-refractivity contribution is 0.0449. The lowest BCUT2D eigenvalue weighted by Crippen LogP contribution is -2.40. The highest BCUT2D eigenvalue weighted by molar-refractivity contribution is 7.99. The van der Waals surface area contributed by atoms with Gasteiger partial charge < -0.3 is 10.4 Å². The lowest BCUT2D eigenvalue weighted by atomic mass is 10.0. The van der Waals surface area contributed by atoms with E-state index < -0.39 is 5.60 Å². The maximum Gasteiger partial charge on any atom is 0.254 e. The Bertz CT molecular complexity index is 670. The Kier molecular flexibility index (Phi) is 4.98. The van der Waals surface area contributed by atoms with E-state index in [2.05, 4.69) is 10.3 Å². The van der Waals surface area contributed by atoms with Gasteiger partial charge in [-0.1, -0.05) is 42.8 Å². The highest BCUT2D eigenvalue weighted by Gasteiger charge is 2.31. The van der Waals surface area contributed by atoms with E-state index in [-0.39, 0.29) is 5.91 Å². The Labute approximate surface area is 140 Å². The summed E-state index contributed by atoms with van der Waals surface area (Å²) in [7, 11) is 0. The normalized spacial score (nSPS) is 16.2. The highest BCUT2D eigenvalue weighted by Crippen LogP contribution is 2.30. The number of benzene rings is 1. The number of amides is 1. The second-order valence-electron chi connectivity index (χ2n) is 5.89. The molecule has 1 saturated carbocycles. The zero-order chi connectivity index (χ0) is 16.1. The summed E-state index contributed by atoms with van der Waals surface area (Å²) in [6.45, 7) is 0.302. The van der Waals surface area contributed by atoms with Gasteiger partial charge in [0.1, 0.15) is 5.03 Å². The third-order valence-electron chi connectivity index (χ3n) is 4.09. The molecule has 4 nitrogen and oxygen atoms in total. The molecule has 1 fully saturated rings. The first-order valence-corrected chi connectivity index (χ1v) is 8.66. The van der Waals surface area contributed by atoms with Gasteiger partial charge in [0.15, 0.2) is 0 Å². The summed E-state index contributed by atoms with van der Waals surface area (Å²) < 4.78 is 0. The molecule has 5 heteroatoms. The van der Waals surface area contributed by atoms with Crippen LogP contribution in [0.15, 0.2) is 58.6 Å². The number of aromatic nitrogens is 1. The molecule has 1 heterocycles. The van der Waals surface area contributed by atoms with E-state index in [9.17, 15) is 9.90 Å². The fourth-order valence-electron chi connectivity index (χ4n) is 2.80. The molecule has 3 rings (SSSR count). The second kappa shape index (κ2) is 7.15. The van der Waals surface area contributed by atoms with Crippen molar-refractivity contribution in [1.29, 1.82) is 0 Å². The van der Waals surface area contributed by atoms with Crippen LogP contribution in [-0.2, 0) is 0 Å². The molecule has 2 N–H and O–H groups in total. The number of nitrogens with one attached hydrogen (secondary N) is 1. The molecule has 0 spiro atoms. The maximum absolute atomic E-state index is 12.5. The van der Waals surface area contributed by atoms with Gasteiger partial charge in [-0.15, -0.1) is 0 Å². The van der Waals surface area contributed by atoms with Gasteiger partial charge in [-0.3, -0.25) is 4.79 Å². The molecule has 1 aromatic heterocycles. The molecule has 2 aromatic rings. The van der Waals surface area contributed by atoms with Gasteiger partial charge in [0.2, 0.25) is 0 Å². The van der Waals surface area contributed by atoms with Crippen LogP contribution >= 0.6 is 11.8 Å². The smallest absolute Gasteiger partial charge is 0.254 e. The summed E-state index contributed by atoms with van der Waals surface area (Å²) in [5, 5.41) is 13.9. The Hall–Kier alpha value is -1.85. The number of rotatable bonds is 5. The van der Waals surface area contributed by atoms with Gasteiger partial charge in [-0.2, -0.15) is 0 Å². The number of pyridine rings is 1. The average molecular weight is 328 g/mol. The number of nitrogens with zero attached hydrogens (tertiary/aromatic N) is 1. The number of aliphatic hydroxyl groups is 1. The first-order valence-electron chi connectivity index (χ1n) is 7.85. The molecule has 0 aliphatic heterocycles. The minimum Gasteiger partial charge on any atom is -0.388 e. The predicted molar refractivity (Wildman–Crippen MR) is 90.6 cm³/mol. The summed E-state index contributed by atoms with van der Waals surface area (Å²) >= 11 is 1.47. The minimum absolute atomic E-state index is 0.183. The standard InChI is InChI=1S/C18H20N2O2S/c21-16(20-13-18(22)10-4-5-11-18)15-9-6-12-19-17(15)23-14-7-2-1-3-8-14/h1-3,6-9,12,22H,4-5,10-11,13H2,(H,20,21). The van der Waals surface area contributed by atoms with Gasteiger partial charge >= 0.3 is 0 Å². The quantitative estimate of drug-likeness (QED) is 0.884. The topological polar surface area (TPSA) is 62.2 Å². The largest absolute Gasteiger partial charge is 0.388 e. The van der Waals surface area contributed by atoms with Gasteiger partial charge in [0, 0.05) is 17.6 Å². The van der Waals surface area contributed by atoms with E-state index in [1.54, 1.807) is 18.3 Å². The molecule has 0 atom stereocenters. The fraction of sp³-hybridized carbons (Fsp3) is 0.333. The number of hydrogen-bond donors (Lipinski definition) is 2. The summed E-state index contributed by atoms with van der Waals surface area (Å²) in [4.78, 5) is 17.8. The third-order valence-corrected chi connectivity index (χ3v) is 5.11. The highest BCUT2D eigenvalue weighted by atomic mass is 32.2. The Morgan fingerprint density at radius 1 is 1.17 bits per heavy atom. The van der Waals surface area contributed by atoms with E-state index in [0.29, 0.717) is 17.1 Å². The number of carbonyl (C=O) groups is 1. The molecular formula is C18H20N2O2S. The van der Waals surface area contributed by atoms with E-state index >= 15 is 0 Å². The summed E-state index contributed by atoms with van der Waals surface area (Å²) in [6, 6.07) is 13.4. The molecule has 1 amide bonds. The van der Waals surface area contributed by atoms with Crippen molar-refractivity contribution in [3.8, 4) is 0 Å². The van der Waals surface area contributed by atoms with Crippen molar-refractivity contribution < 1.29 is 9.90 Å².